The third-order valence-corrected chi connectivity index (χ3v) is 4.84. The second-order valence-electron chi connectivity index (χ2n) is 6.27. The van der Waals surface area contributed by atoms with E-state index in [1.165, 1.54) is 0 Å². The minimum Gasteiger partial charge on any atom is -0.458 e. The van der Waals surface area contributed by atoms with Crippen LogP contribution in [0.2, 0.25) is 0 Å². The van der Waals surface area contributed by atoms with Gasteiger partial charge in [-0.3, -0.25) is 4.79 Å². The first-order valence-corrected chi connectivity index (χ1v) is 9.30. The summed E-state index contributed by atoms with van der Waals surface area (Å²) in [6, 6.07) is 8.15. The molecule has 1 saturated heterocycles. The van der Waals surface area contributed by atoms with Gasteiger partial charge in [0.15, 0.2) is 0 Å². The monoisotopic (exact) mass is 415 g/mol. The van der Waals surface area contributed by atoms with Crippen molar-refractivity contribution in [1.82, 2.24) is 24.4 Å². The summed E-state index contributed by atoms with van der Waals surface area (Å²) in [5.41, 5.74) is 1.86. The van der Waals surface area contributed by atoms with Crippen molar-refractivity contribution < 1.29 is 9.53 Å². The minimum absolute atomic E-state index is 0.0678. The Bertz CT molecular complexity index is 911. The lowest BCUT2D eigenvalue weighted by molar-refractivity contribution is -0.134. The van der Waals surface area contributed by atoms with Gasteiger partial charge in [-0.25, -0.2) is 15.0 Å². The van der Waals surface area contributed by atoms with Crippen LogP contribution < -0.4 is 4.74 Å². The van der Waals surface area contributed by atoms with Crippen molar-refractivity contribution in [3.8, 4) is 6.01 Å². The Balaban J connectivity index is 1.40. The van der Waals surface area contributed by atoms with E-state index in [0.29, 0.717) is 12.6 Å². The maximum atomic E-state index is 12.7. The highest BCUT2D eigenvalue weighted by atomic mass is 79.9. The molecule has 7 nitrogen and oxygen atoms in total. The van der Waals surface area contributed by atoms with Crippen LogP contribution in [-0.2, 0) is 11.3 Å². The summed E-state index contributed by atoms with van der Waals surface area (Å²) in [4.78, 5) is 27.2. The fourth-order valence-corrected chi connectivity index (χ4v) is 3.36. The molecule has 4 rings (SSSR count). The maximum Gasteiger partial charge on any atom is 0.316 e. The molecular formula is C18H18BrN5O2. The lowest BCUT2D eigenvalue weighted by Gasteiger charge is -2.32. The van der Waals surface area contributed by atoms with Crippen LogP contribution in [0.25, 0.3) is 11.0 Å². The molecule has 1 fully saturated rings. The van der Waals surface area contributed by atoms with Gasteiger partial charge in [0.25, 0.3) is 0 Å². The largest absolute Gasteiger partial charge is 0.458 e. The molecule has 0 aliphatic carbocycles. The molecule has 0 bridgehead atoms. The van der Waals surface area contributed by atoms with Gasteiger partial charge in [0.05, 0.1) is 28.4 Å². The van der Waals surface area contributed by atoms with Crippen LogP contribution in [0, 0.1) is 0 Å². The molecule has 0 spiro atoms. The fraction of sp³-hybridized carbons (Fsp3) is 0.333. The third kappa shape index (κ3) is 3.70. The molecule has 0 unspecified atom stereocenters. The van der Waals surface area contributed by atoms with E-state index in [9.17, 15) is 4.79 Å². The summed E-state index contributed by atoms with van der Waals surface area (Å²) in [6.45, 7) is 1.57. The molecule has 26 heavy (non-hydrogen) atoms. The van der Waals surface area contributed by atoms with E-state index in [2.05, 4.69) is 30.9 Å². The number of rotatable bonds is 4. The van der Waals surface area contributed by atoms with Gasteiger partial charge in [-0.05, 0) is 40.9 Å². The van der Waals surface area contributed by atoms with E-state index in [1.54, 1.807) is 18.7 Å². The van der Waals surface area contributed by atoms with Gasteiger partial charge in [-0.15, -0.1) is 0 Å². The Hall–Kier alpha value is -2.48. The van der Waals surface area contributed by atoms with Crippen LogP contribution in [0.15, 0.2) is 47.5 Å². The molecule has 1 aliphatic heterocycles. The molecule has 1 aliphatic rings. The smallest absolute Gasteiger partial charge is 0.316 e. The number of nitrogens with zero attached hydrogens (tertiary/aromatic N) is 5. The molecule has 134 valence electrons. The minimum atomic E-state index is -0.0894. The first-order valence-electron chi connectivity index (χ1n) is 8.51. The fourth-order valence-electron chi connectivity index (χ4n) is 3.15. The number of likely N-dealkylation sites (tertiary alicyclic amines) is 1. The zero-order valence-corrected chi connectivity index (χ0v) is 15.7. The molecule has 1 aromatic carbocycles. The van der Waals surface area contributed by atoms with E-state index in [-0.39, 0.29) is 18.6 Å². The van der Waals surface area contributed by atoms with Gasteiger partial charge in [0.2, 0.25) is 5.91 Å². The van der Waals surface area contributed by atoms with E-state index < -0.39 is 0 Å². The van der Waals surface area contributed by atoms with Gasteiger partial charge in [0.1, 0.15) is 12.6 Å². The number of piperidine rings is 1. The van der Waals surface area contributed by atoms with Crippen molar-refractivity contribution in [1.29, 1.82) is 0 Å². The van der Waals surface area contributed by atoms with Crippen LogP contribution in [0.5, 0.6) is 6.01 Å². The highest BCUT2D eigenvalue weighted by Crippen LogP contribution is 2.18. The molecule has 0 saturated carbocycles. The van der Waals surface area contributed by atoms with Crippen molar-refractivity contribution in [2.75, 3.05) is 13.1 Å². The molecule has 1 amide bonds. The number of aromatic nitrogens is 4. The quantitative estimate of drug-likeness (QED) is 0.654. The summed E-state index contributed by atoms with van der Waals surface area (Å²) >= 11 is 3.30. The average Bonchev–Trinajstić information content (AvgIpc) is 3.07. The Morgan fingerprint density at radius 2 is 2.04 bits per heavy atom. The molecule has 2 aromatic heterocycles. The Morgan fingerprint density at radius 3 is 2.88 bits per heavy atom. The van der Waals surface area contributed by atoms with Crippen LogP contribution in [0.3, 0.4) is 0 Å². The van der Waals surface area contributed by atoms with Gasteiger partial charge in [0, 0.05) is 18.9 Å². The van der Waals surface area contributed by atoms with Crippen molar-refractivity contribution in [3.63, 3.8) is 0 Å². The summed E-state index contributed by atoms with van der Waals surface area (Å²) < 4.78 is 8.53. The Morgan fingerprint density at radius 1 is 1.23 bits per heavy atom. The Labute approximate surface area is 159 Å². The topological polar surface area (TPSA) is 73.1 Å². The van der Waals surface area contributed by atoms with Crippen LogP contribution in [-0.4, -0.2) is 49.5 Å². The van der Waals surface area contributed by atoms with Crippen molar-refractivity contribution in [3.05, 3.63) is 47.5 Å². The number of imidazole rings is 1. The first-order chi connectivity index (χ1) is 12.7. The molecule has 0 radical (unpaired) electrons. The predicted octanol–water partition coefficient (Wildman–Crippen LogP) is 2.66. The van der Waals surface area contributed by atoms with Crippen LogP contribution in [0.4, 0.5) is 0 Å². The van der Waals surface area contributed by atoms with Gasteiger partial charge >= 0.3 is 6.01 Å². The second-order valence-corrected chi connectivity index (χ2v) is 7.18. The molecule has 3 heterocycles. The number of amides is 1. The van der Waals surface area contributed by atoms with Crippen molar-refractivity contribution in [2.45, 2.75) is 25.5 Å². The molecule has 3 aromatic rings. The average molecular weight is 416 g/mol. The zero-order valence-electron chi connectivity index (χ0n) is 14.1. The first kappa shape index (κ1) is 17.0. The Kier molecular flexibility index (Phi) is 4.83. The lowest BCUT2D eigenvalue weighted by atomic mass is 10.1. The number of hydrogen-bond donors (Lipinski definition) is 0. The number of carbonyl (C=O) groups excluding carboxylic acids is 1. The van der Waals surface area contributed by atoms with E-state index in [1.807, 2.05) is 33.7 Å². The van der Waals surface area contributed by atoms with E-state index in [0.717, 1.165) is 34.9 Å². The summed E-state index contributed by atoms with van der Waals surface area (Å²) in [7, 11) is 0. The number of benzene rings is 1. The molecular weight excluding hydrogens is 398 g/mol. The second kappa shape index (κ2) is 7.41. The normalized spacial score (nSPS) is 17.4. The predicted molar refractivity (Wildman–Crippen MR) is 99.7 cm³/mol. The van der Waals surface area contributed by atoms with Crippen LogP contribution >= 0.6 is 15.9 Å². The highest BCUT2D eigenvalue weighted by Gasteiger charge is 2.25. The van der Waals surface area contributed by atoms with Gasteiger partial charge in [-0.2, -0.15) is 0 Å². The maximum absolute atomic E-state index is 12.7. The zero-order chi connectivity index (χ0) is 17.9. The van der Waals surface area contributed by atoms with E-state index in [4.69, 9.17) is 4.74 Å². The summed E-state index contributed by atoms with van der Waals surface area (Å²) in [6.07, 6.45) is 6.72. The number of para-hydroxylation sites is 2. The SMILES string of the molecule is O=C(Cn1cnc2ccccc21)N1CCC[C@H](Oc2ncc(Br)cn2)C1. The van der Waals surface area contributed by atoms with Gasteiger partial charge in [-0.1, -0.05) is 12.1 Å². The van der Waals surface area contributed by atoms with Gasteiger partial charge < -0.3 is 14.2 Å². The number of ether oxygens (including phenoxy) is 1. The molecule has 0 N–H and O–H groups in total. The highest BCUT2D eigenvalue weighted by molar-refractivity contribution is 9.10. The number of hydrogen-bond acceptors (Lipinski definition) is 5. The summed E-state index contributed by atoms with van der Waals surface area (Å²) in [5, 5.41) is 0. The lowest BCUT2D eigenvalue weighted by Crippen LogP contribution is -2.45. The van der Waals surface area contributed by atoms with Crippen LogP contribution in [0.1, 0.15) is 12.8 Å². The van der Waals surface area contributed by atoms with E-state index >= 15 is 0 Å². The number of fused-ring (bicyclic) bond motifs is 1. The summed E-state index contributed by atoms with van der Waals surface area (Å²) in [5.74, 6) is 0.0678. The van der Waals surface area contributed by atoms with Crippen molar-refractivity contribution >= 4 is 32.9 Å². The standard InChI is InChI=1S/C18H18BrN5O2/c19-13-8-20-18(21-9-13)26-14-4-3-7-23(10-14)17(25)11-24-12-22-15-5-1-2-6-16(15)24/h1-2,5-6,8-9,12,14H,3-4,7,10-11H2/t14-/m0/s1. The molecule has 1 atom stereocenters. The molecule has 8 heteroatoms. The van der Waals surface area contributed by atoms with Crippen molar-refractivity contribution in [2.24, 2.45) is 0 Å². The number of halogens is 1. The third-order valence-electron chi connectivity index (χ3n) is 4.43. The number of carbonyl (C=O) groups is 1.